The third kappa shape index (κ3) is 2.36. The van der Waals surface area contributed by atoms with Crippen LogP contribution in [0.5, 0.6) is 5.75 Å². The van der Waals surface area contributed by atoms with Crippen LogP contribution in [-0.2, 0) is 20.0 Å². The van der Waals surface area contributed by atoms with Crippen molar-refractivity contribution in [2.75, 3.05) is 0 Å². The Morgan fingerprint density at radius 2 is 2.32 bits per heavy atom. The van der Waals surface area contributed by atoms with Gasteiger partial charge in [-0.3, -0.25) is 4.68 Å². The number of aromatic hydroxyl groups is 1. The number of hydrogen-bond acceptors (Lipinski definition) is 3. The summed E-state index contributed by atoms with van der Waals surface area (Å²) in [5.74, 6) is 0.363. The van der Waals surface area contributed by atoms with Gasteiger partial charge in [-0.15, -0.1) is 0 Å². The maximum Gasteiger partial charge on any atom is 0.115 e. The number of aryl methyl sites for hydroxylation is 3. The average molecular weight is 257 g/mol. The maximum absolute atomic E-state index is 9.50. The monoisotopic (exact) mass is 257 g/mol. The summed E-state index contributed by atoms with van der Waals surface area (Å²) in [4.78, 5) is 0. The lowest BCUT2D eigenvalue weighted by molar-refractivity contribution is 0.474. The van der Waals surface area contributed by atoms with E-state index in [9.17, 15) is 5.11 Å². The number of nitrogens with zero attached hydrogens (tertiary/aromatic N) is 2. The lowest BCUT2D eigenvalue weighted by Gasteiger charge is -2.13. The van der Waals surface area contributed by atoms with Crippen LogP contribution in [0.4, 0.5) is 0 Å². The number of rotatable bonds is 3. The Bertz CT molecular complexity index is 603. The summed E-state index contributed by atoms with van der Waals surface area (Å²) in [6.45, 7) is 2.88. The van der Waals surface area contributed by atoms with Crippen LogP contribution in [0.3, 0.4) is 0 Å². The first-order chi connectivity index (χ1) is 9.13. The SMILES string of the molecule is Cc1nn(C)cc1CNC1CCc2cc(O)ccc21. The minimum atomic E-state index is 0.363. The molecule has 0 aliphatic heterocycles. The molecule has 1 unspecified atom stereocenters. The Morgan fingerprint density at radius 1 is 1.47 bits per heavy atom. The van der Waals surface area contributed by atoms with Gasteiger partial charge in [0.15, 0.2) is 0 Å². The summed E-state index contributed by atoms with van der Waals surface area (Å²) in [5.41, 5.74) is 4.91. The fourth-order valence-electron chi connectivity index (χ4n) is 2.87. The quantitative estimate of drug-likeness (QED) is 0.886. The van der Waals surface area contributed by atoms with Crippen molar-refractivity contribution in [1.82, 2.24) is 15.1 Å². The molecular formula is C15H19N3O. The molecule has 1 aromatic carbocycles. The number of hydrogen-bond donors (Lipinski definition) is 2. The zero-order valence-corrected chi connectivity index (χ0v) is 11.3. The van der Waals surface area contributed by atoms with Gasteiger partial charge in [0, 0.05) is 31.4 Å². The van der Waals surface area contributed by atoms with Crippen LogP contribution in [0, 0.1) is 6.92 Å². The molecule has 0 saturated heterocycles. The third-order valence-electron chi connectivity index (χ3n) is 3.86. The van der Waals surface area contributed by atoms with Crippen molar-refractivity contribution in [2.24, 2.45) is 7.05 Å². The maximum atomic E-state index is 9.50. The van der Waals surface area contributed by atoms with E-state index in [0.717, 1.165) is 25.1 Å². The van der Waals surface area contributed by atoms with Gasteiger partial charge in [-0.05, 0) is 43.0 Å². The molecule has 3 rings (SSSR count). The molecule has 1 aromatic heterocycles. The molecule has 1 atom stereocenters. The number of phenolic OH excluding ortho intramolecular Hbond substituents is 1. The summed E-state index contributed by atoms with van der Waals surface area (Å²) in [6, 6.07) is 6.07. The van der Waals surface area contributed by atoms with E-state index in [2.05, 4.69) is 16.6 Å². The summed E-state index contributed by atoms with van der Waals surface area (Å²) >= 11 is 0. The highest BCUT2D eigenvalue weighted by molar-refractivity contribution is 5.40. The molecule has 0 saturated carbocycles. The van der Waals surface area contributed by atoms with Crippen molar-refractivity contribution in [1.29, 1.82) is 0 Å². The van der Waals surface area contributed by atoms with Gasteiger partial charge in [-0.2, -0.15) is 5.10 Å². The van der Waals surface area contributed by atoms with Gasteiger partial charge in [0.1, 0.15) is 5.75 Å². The van der Waals surface area contributed by atoms with Crippen LogP contribution < -0.4 is 5.32 Å². The fraction of sp³-hybridized carbons (Fsp3) is 0.400. The van der Waals surface area contributed by atoms with Crippen LogP contribution in [0.2, 0.25) is 0 Å². The topological polar surface area (TPSA) is 50.1 Å². The molecule has 1 aliphatic carbocycles. The van der Waals surface area contributed by atoms with Gasteiger partial charge in [0.05, 0.1) is 5.69 Å². The van der Waals surface area contributed by atoms with E-state index in [1.54, 1.807) is 6.07 Å². The third-order valence-corrected chi connectivity index (χ3v) is 3.86. The van der Waals surface area contributed by atoms with Crippen LogP contribution >= 0.6 is 0 Å². The Hall–Kier alpha value is -1.81. The zero-order chi connectivity index (χ0) is 13.4. The molecule has 0 radical (unpaired) electrons. The number of aromatic nitrogens is 2. The molecule has 0 spiro atoms. The van der Waals surface area contributed by atoms with E-state index in [1.165, 1.54) is 16.7 Å². The van der Waals surface area contributed by atoms with E-state index in [4.69, 9.17) is 0 Å². The molecule has 19 heavy (non-hydrogen) atoms. The summed E-state index contributed by atoms with van der Waals surface area (Å²) in [7, 11) is 1.95. The lowest BCUT2D eigenvalue weighted by atomic mass is 10.1. The standard InChI is InChI=1S/C15H19N3O/c1-10-12(9-18(2)17-10)8-16-15-6-3-11-7-13(19)4-5-14(11)15/h4-5,7,9,15-16,19H,3,6,8H2,1-2H3. The van der Waals surface area contributed by atoms with E-state index >= 15 is 0 Å². The Kier molecular flexibility index (Phi) is 3.03. The summed E-state index contributed by atoms with van der Waals surface area (Å²) in [6.07, 6.45) is 4.19. The molecule has 1 aliphatic rings. The average Bonchev–Trinajstić information content (AvgIpc) is 2.89. The molecule has 0 bridgehead atoms. The van der Waals surface area contributed by atoms with Gasteiger partial charge in [0.2, 0.25) is 0 Å². The van der Waals surface area contributed by atoms with Gasteiger partial charge in [-0.25, -0.2) is 0 Å². The number of phenols is 1. The first kappa shape index (κ1) is 12.2. The normalized spacial score (nSPS) is 17.7. The van der Waals surface area contributed by atoms with Crippen molar-refractivity contribution in [3.8, 4) is 5.75 Å². The number of nitrogens with one attached hydrogen (secondary N) is 1. The molecular weight excluding hydrogens is 238 g/mol. The number of benzene rings is 1. The zero-order valence-electron chi connectivity index (χ0n) is 11.3. The van der Waals surface area contributed by atoms with Crippen LogP contribution in [0.1, 0.15) is 34.8 Å². The van der Waals surface area contributed by atoms with E-state index in [1.807, 2.05) is 30.8 Å². The Balaban J connectivity index is 1.71. The predicted octanol–water partition coefficient (Wildman–Crippen LogP) is 2.21. The minimum absolute atomic E-state index is 0.363. The molecule has 0 amide bonds. The molecule has 4 heteroatoms. The molecule has 2 aromatic rings. The second-order valence-corrected chi connectivity index (χ2v) is 5.27. The molecule has 4 nitrogen and oxygen atoms in total. The van der Waals surface area contributed by atoms with Crippen molar-refractivity contribution < 1.29 is 5.11 Å². The van der Waals surface area contributed by atoms with Gasteiger partial charge in [-0.1, -0.05) is 6.07 Å². The van der Waals surface area contributed by atoms with Crippen LogP contribution in [-0.4, -0.2) is 14.9 Å². The predicted molar refractivity (Wildman–Crippen MR) is 74.0 cm³/mol. The second kappa shape index (κ2) is 4.70. The van der Waals surface area contributed by atoms with Crippen molar-refractivity contribution >= 4 is 0 Å². The van der Waals surface area contributed by atoms with Crippen LogP contribution in [0.25, 0.3) is 0 Å². The summed E-state index contributed by atoms with van der Waals surface area (Å²) < 4.78 is 1.85. The molecule has 2 N–H and O–H groups in total. The molecule has 1 heterocycles. The van der Waals surface area contributed by atoms with Crippen LogP contribution in [0.15, 0.2) is 24.4 Å². The Morgan fingerprint density at radius 3 is 3.05 bits per heavy atom. The lowest BCUT2D eigenvalue weighted by Crippen LogP contribution is -2.18. The van der Waals surface area contributed by atoms with Gasteiger partial charge < -0.3 is 10.4 Å². The van der Waals surface area contributed by atoms with Crippen molar-refractivity contribution in [3.63, 3.8) is 0 Å². The highest BCUT2D eigenvalue weighted by Crippen LogP contribution is 2.33. The molecule has 0 fully saturated rings. The van der Waals surface area contributed by atoms with E-state index in [-0.39, 0.29) is 0 Å². The first-order valence-corrected chi connectivity index (χ1v) is 6.68. The van der Waals surface area contributed by atoms with Crippen molar-refractivity contribution in [2.45, 2.75) is 32.4 Å². The van der Waals surface area contributed by atoms with Gasteiger partial charge >= 0.3 is 0 Å². The minimum Gasteiger partial charge on any atom is -0.508 e. The largest absolute Gasteiger partial charge is 0.508 e. The Labute approximate surface area is 113 Å². The van der Waals surface area contributed by atoms with Gasteiger partial charge in [0.25, 0.3) is 0 Å². The smallest absolute Gasteiger partial charge is 0.115 e. The second-order valence-electron chi connectivity index (χ2n) is 5.27. The fourth-order valence-corrected chi connectivity index (χ4v) is 2.87. The summed E-state index contributed by atoms with van der Waals surface area (Å²) in [5, 5.41) is 17.4. The van der Waals surface area contributed by atoms with Crippen molar-refractivity contribution in [3.05, 3.63) is 46.8 Å². The van der Waals surface area contributed by atoms with E-state index in [0.29, 0.717) is 11.8 Å². The highest BCUT2D eigenvalue weighted by Gasteiger charge is 2.22. The van der Waals surface area contributed by atoms with E-state index < -0.39 is 0 Å². The first-order valence-electron chi connectivity index (χ1n) is 6.68. The highest BCUT2D eigenvalue weighted by atomic mass is 16.3. The number of fused-ring (bicyclic) bond motifs is 1. The molecule has 100 valence electrons.